The molecule has 0 aromatic carbocycles. The fraction of sp³-hybridized carbons (Fsp3) is 0.938. The Morgan fingerprint density at radius 3 is 2.18 bits per heavy atom. The molecule has 0 radical (unpaired) electrons. The van der Waals surface area contributed by atoms with Crippen LogP contribution < -0.4 is 52.9 Å². The van der Waals surface area contributed by atoms with Gasteiger partial charge in [0.05, 0.1) is 60.3 Å². The van der Waals surface area contributed by atoms with Crippen LogP contribution in [-0.2, 0) is 9.53 Å². The van der Waals surface area contributed by atoms with E-state index < -0.39 is 0 Å². The third-order valence-corrected chi connectivity index (χ3v) is 4.41. The van der Waals surface area contributed by atoms with Gasteiger partial charge in [0.25, 0.3) is 0 Å². The zero-order chi connectivity index (χ0) is 15.4. The van der Waals surface area contributed by atoms with Crippen LogP contribution in [0.4, 0.5) is 0 Å². The second kappa shape index (κ2) is 10.7. The number of hydrogen-bond donors (Lipinski definition) is 1. The lowest BCUT2D eigenvalue weighted by molar-refractivity contribution is -0.887. The molecule has 1 N–H and O–H groups in total. The van der Waals surface area contributed by atoms with Crippen LogP contribution in [0.2, 0.25) is 0 Å². The summed E-state index contributed by atoms with van der Waals surface area (Å²) in [6.45, 7) is 7.68. The number of carbonyl (C=O) groups is 1. The molecule has 0 aromatic heterocycles. The minimum Gasteiger partial charge on any atom is -1.00 e. The predicted molar refractivity (Wildman–Crippen MR) is 81.6 cm³/mol. The number of nitrogens with one attached hydrogen (secondary N) is 1. The maximum Gasteiger partial charge on any atom is 0.311 e. The van der Waals surface area contributed by atoms with E-state index in [4.69, 9.17) is 4.74 Å². The van der Waals surface area contributed by atoms with Gasteiger partial charge in [-0.15, -0.1) is 0 Å². The Morgan fingerprint density at radius 1 is 1.23 bits per heavy atom. The Morgan fingerprint density at radius 2 is 1.73 bits per heavy atom. The van der Waals surface area contributed by atoms with Crippen LogP contribution in [0.15, 0.2) is 0 Å². The molecule has 0 aliphatic carbocycles. The summed E-state index contributed by atoms with van der Waals surface area (Å²) in [4.78, 5) is 13.5. The van der Waals surface area contributed by atoms with Gasteiger partial charge in [0, 0.05) is 12.8 Å². The molecule has 1 aliphatic heterocycles. The molecule has 1 rings (SSSR count). The number of halogens is 2. The Bertz CT molecular complexity index is 325. The Kier molecular flexibility index (Phi) is 12.2. The standard InChI is InChI=1S/C16H33N2O2.2HI/c1-14(20-15(19)7-12-18(4,5)6)13-16(2)8-10-17(3)11-9-16;;/h14H,7-13H2,1-6H3;2*1H/q+1;;/p-1. The zero-order valence-corrected chi connectivity index (χ0v) is 19.4. The molecule has 22 heavy (non-hydrogen) atoms. The van der Waals surface area contributed by atoms with Crippen molar-refractivity contribution in [3.8, 4) is 0 Å². The van der Waals surface area contributed by atoms with Crippen molar-refractivity contribution in [1.29, 1.82) is 0 Å². The fourth-order valence-corrected chi connectivity index (χ4v) is 2.93. The molecule has 6 heteroatoms. The summed E-state index contributed by atoms with van der Waals surface area (Å²) >= 11 is 0. The quantitative estimate of drug-likeness (QED) is 0.208. The van der Waals surface area contributed by atoms with E-state index in [1.54, 1.807) is 4.90 Å². The van der Waals surface area contributed by atoms with Crippen molar-refractivity contribution in [3.63, 3.8) is 0 Å². The molecule has 0 amide bonds. The number of piperidine rings is 1. The van der Waals surface area contributed by atoms with Gasteiger partial charge >= 0.3 is 5.97 Å². The van der Waals surface area contributed by atoms with Crippen LogP contribution in [0.25, 0.3) is 0 Å². The molecular formula is C16H34I2N2O2. The monoisotopic (exact) mass is 540 g/mol. The van der Waals surface area contributed by atoms with Crippen molar-refractivity contribution >= 4 is 5.97 Å². The maximum absolute atomic E-state index is 11.9. The number of rotatable bonds is 6. The van der Waals surface area contributed by atoms with E-state index in [0.29, 0.717) is 11.8 Å². The van der Waals surface area contributed by atoms with Gasteiger partial charge in [-0.1, -0.05) is 6.92 Å². The van der Waals surface area contributed by atoms with Gasteiger partial charge in [-0.2, -0.15) is 0 Å². The minimum absolute atomic E-state index is 0. The normalized spacial score (nSPS) is 26.4. The summed E-state index contributed by atoms with van der Waals surface area (Å²) in [5.74, 6) is -0.0484. The summed E-state index contributed by atoms with van der Waals surface area (Å²) in [7, 11) is 8.55. The van der Waals surface area contributed by atoms with E-state index in [1.165, 1.54) is 25.9 Å². The number of quaternary nitrogens is 2. The summed E-state index contributed by atoms with van der Waals surface area (Å²) in [5.41, 5.74) is 0.347. The first kappa shape index (κ1) is 25.1. The van der Waals surface area contributed by atoms with Crippen LogP contribution >= 0.6 is 0 Å². The molecule has 1 atom stereocenters. The lowest BCUT2D eigenvalue weighted by atomic mass is 9.76. The highest BCUT2D eigenvalue weighted by molar-refractivity contribution is 5.69. The first-order valence-corrected chi connectivity index (χ1v) is 7.91. The van der Waals surface area contributed by atoms with Gasteiger partial charge < -0.3 is 62.1 Å². The van der Waals surface area contributed by atoms with E-state index in [9.17, 15) is 4.79 Å². The molecule has 1 heterocycles. The number of hydrogen-bond acceptors (Lipinski definition) is 2. The van der Waals surface area contributed by atoms with Crippen molar-refractivity contribution in [2.75, 3.05) is 47.8 Å². The fourth-order valence-electron chi connectivity index (χ4n) is 2.93. The summed E-state index contributed by atoms with van der Waals surface area (Å²) in [6.07, 6.45) is 4.02. The zero-order valence-electron chi connectivity index (χ0n) is 15.0. The number of likely N-dealkylation sites (tertiary alicyclic amines) is 1. The molecule has 1 saturated heterocycles. The highest BCUT2D eigenvalue weighted by Gasteiger charge is 2.33. The van der Waals surface area contributed by atoms with Gasteiger partial charge in [-0.3, -0.25) is 4.79 Å². The Balaban J connectivity index is 0. The molecule has 134 valence electrons. The first-order valence-electron chi connectivity index (χ1n) is 7.91. The first-order chi connectivity index (χ1) is 9.10. The third kappa shape index (κ3) is 10.6. The van der Waals surface area contributed by atoms with Crippen molar-refractivity contribution < 1.29 is 66.9 Å². The topological polar surface area (TPSA) is 30.7 Å². The molecular weight excluding hydrogens is 506 g/mol. The predicted octanol–water partition coefficient (Wildman–Crippen LogP) is -5.27. The van der Waals surface area contributed by atoms with Gasteiger partial charge in [-0.05, 0) is 18.8 Å². The number of ether oxygens (including phenoxy) is 1. The van der Waals surface area contributed by atoms with Crippen molar-refractivity contribution in [3.05, 3.63) is 0 Å². The third-order valence-electron chi connectivity index (χ3n) is 4.41. The highest BCUT2D eigenvalue weighted by atomic mass is 127. The number of esters is 1. The van der Waals surface area contributed by atoms with Gasteiger partial charge in [0.1, 0.15) is 0 Å². The van der Waals surface area contributed by atoms with E-state index in [0.717, 1.165) is 17.4 Å². The molecule has 0 bridgehead atoms. The van der Waals surface area contributed by atoms with Crippen molar-refractivity contribution in [2.24, 2.45) is 5.41 Å². The average Bonchev–Trinajstić information content (AvgIpc) is 2.30. The minimum atomic E-state index is -0.0484. The van der Waals surface area contributed by atoms with E-state index >= 15 is 0 Å². The lowest BCUT2D eigenvalue weighted by Gasteiger charge is -2.37. The molecule has 0 spiro atoms. The van der Waals surface area contributed by atoms with Crippen molar-refractivity contribution in [2.45, 2.75) is 45.6 Å². The second-order valence-electron chi connectivity index (χ2n) is 8.04. The van der Waals surface area contributed by atoms with Gasteiger partial charge in [0.15, 0.2) is 0 Å². The second-order valence-corrected chi connectivity index (χ2v) is 8.04. The number of nitrogens with zero attached hydrogens (tertiary/aromatic N) is 1. The smallest absolute Gasteiger partial charge is 0.311 e. The van der Waals surface area contributed by atoms with E-state index in [2.05, 4.69) is 35.1 Å². The van der Waals surface area contributed by atoms with Crippen LogP contribution in [0.5, 0.6) is 0 Å². The Hall–Kier alpha value is 0.850. The molecule has 1 aliphatic rings. The lowest BCUT2D eigenvalue weighted by Crippen LogP contribution is -3.10. The molecule has 0 aromatic rings. The largest absolute Gasteiger partial charge is 1.00 e. The maximum atomic E-state index is 11.9. The van der Waals surface area contributed by atoms with Gasteiger partial charge in [-0.25, -0.2) is 0 Å². The summed E-state index contributed by atoms with van der Waals surface area (Å²) in [5, 5.41) is 0. The van der Waals surface area contributed by atoms with Crippen LogP contribution in [0, 0.1) is 5.41 Å². The van der Waals surface area contributed by atoms with Crippen LogP contribution in [0.3, 0.4) is 0 Å². The van der Waals surface area contributed by atoms with E-state index in [-0.39, 0.29) is 60.0 Å². The van der Waals surface area contributed by atoms with Crippen molar-refractivity contribution in [1.82, 2.24) is 0 Å². The van der Waals surface area contributed by atoms with E-state index in [1.807, 2.05) is 6.92 Å². The summed E-state index contributed by atoms with van der Waals surface area (Å²) < 4.78 is 6.39. The van der Waals surface area contributed by atoms with Crippen LogP contribution in [-0.4, -0.2) is 64.4 Å². The van der Waals surface area contributed by atoms with Gasteiger partial charge in [0.2, 0.25) is 0 Å². The summed E-state index contributed by atoms with van der Waals surface area (Å²) in [6, 6.07) is 0. The molecule has 1 unspecified atom stereocenters. The SMILES string of the molecule is CC(CC1(C)CC[NH+](C)CC1)OC(=O)CC[N+](C)(C)C.[I-].[I-]. The average molecular weight is 540 g/mol. The molecule has 0 saturated carbocycles. The van der Waals surface area contributed by atoms with Crippen LogP contribution in [0.1, 0.15) is 39.5 Å². The number of carbonyl (C=O) groups excluding carboxylic acids is 1. The Labute approximate surface area is 170 Å². The molecule has 1 fully saturated rings. The molecule has 4 nitrogen and oxygen atoms in total. The highest BCUT2D eigenvalue weighted by Crippen LogP contribution is 2.32.